The van der Waals surface area contributed by atoms with Crippen molar-refractivity contribution in [3.05, 3.63) is 35.6 Å². The molecule has 0 spiro atoms. The maximum atomic E-state index is 12.9. The minimum Gasteiger partial charge on any atom is -0.457 e. The zero-order valence-corrected chi connectivity index (χ0v) is 15.8. The van der Waals surface area contributed by atoms with Crippen LogP contribution in [0.25, 0.3) is 0 Å². The first-order valence-corrected chi connectivity index (χ1v) is 9.61. The molecule has 27 heavy (non-hydrogen) atoms. The molecule has 1 saturated heterocycles. The van der Waals surface area contributed by atoms with Crippen molar-refractivity contribution in [3.63, 3.8) is 0 Å². The van der Waals surface area contributed by atoms with Crippen molar-refractivity contribution in [1.82, 2.24) is 4.90 Å². The van der Waals surface area contributed by atoms with Crippen molar-refractivity contribution in [2.75, 3.05) is 13.2 Å². The summed E-state index contributed by atoms with van der Waals surface area (Å²) in [6.07, 6.45) is 3.39. The first-order chi connectivity index (χ1) is 12.9. The van der Waals surface area contributed by atoms with Crippen molar-refractivity contribution in [2.45, 2.75) is 45.6 Å². The Morgan fingerprint density at radius 3 is 2.59 bits per heavy atom. The molecule has 3 rings (SSSR count). The number of esters is 1. The minimum absolute atomic E-state index is 0.00670. The number of nitrogens with zero attached hydrogens (tertiary/aromatic N) is 1. The number of amides is 1. The normalized spacial score (nSPS) is 28.3. The van der Waals surface area contributed by atoms with Gasteiger partial charge >= 0.3 is 5.97 Å². The summed E-state index contributed by atoms with van der Waals surface area (Å²) in [6.45, 7) is 4.36. The minimum atomic E-state index is -0.525. The van der Waals surface area contributed by atoms with Gasteiger partial charge in [-0.1, -0.05) is 26.7 Å². The molecule has 5 nitrogen and oxygen atoms in total. The molecule has 2 aliphatic rings. The molecule has 4 atom stereocenters. The third kappa shape index (κ3) is 4.37. The largest absolute Gasteiger partial charge is 0.457 e. The Bertz CT molecular complexity index is 717. The highest BCUT2D eigenvalue weighted by Gasteiger charge is 2.42. The van der Waals surface area contributed by atoms with Gasteiger partial charge in [-0.3, -0.25) is 14.4 Å². The third-order valence-electron chi connectivity index (χ3n) is 6.07. The van der Waals surface area contributed by atoms with Gasteiger partial charge in [0.15, 0.2) is 12.4 Å². The van der Waals surface area contributed by atoms with Crippen molar-refractivity contribution in [3.8, 4) is 0 Å². The second-order valence-corrected chi connectivity index (χ2v) is 7.82. The predicted octanol–water partition coefficient (Wildman–Crippen LogP) is 3.22. The Kier molecular flexibility index (Phi) is 5.92. The first kappa shape index (κ1) is 19.5. The van der Waals surface area contributed by atoms with Gasteiger partial charge in [0.05, 0.1) is 5.92 Å². The second kappa shape index (κ2) is 8.19. The van der Waals surface area contributed by atoms with Crippen molar-refractivity contribution in [2.24, 2.45) is 17.8 Å². The Hall–Kier alpha value is -2.24. The van der Waals surface area contributed by atoms with E-state index in [4.69, 9.17) is 4.74 Å². The molecule has 0 N–H and O–H groups in total. The monoisotopic (exact) mass is 375 g/mol. The van der Waals surface area contributed by atoms with Gasteiger partial charge in [0.1, 0.15) is 5.82 Å². The fourth-order valence-corrected chi connectivity index (χ4v) is 4.18. The van der Waals surface area contributed by atoms with Crippen molar-refractivity contribution in [1.29, 1.82) is 0 Å². The number of carbonyl (C=O) groups is 3. The molecule has 0 aromatic heterocycles. The lowest BCUT2D eigenvalue weighted by molar-refractivity contribution is -0.147. The topological polar surface area (TPSA) is 63.7 Å². The molecule has 1 amide bonds. The van der Waals surface area contributed by atoms with Crippen LogP contribution < -0.4 is 0 Å². The van der Waals surface area contributed by atoms with Crippen LogP contribution in [0.4, 0.5) is 4.39 Å². The highest BCUT2D eigenvalue weighted by molar-refractivity contribution is 5.98. The summed E-state index contributed by atoms with van der Waals surface area (Å²) in [5.41, 5.74) is 0.290. The summed E-state index contributed by atoms with van der Waals surface area (Å²) in [5, 5.41) is 0. The van der Waals surface area contributed by atoms with E-state index in [1.807, 2.05) is 4.90 Å². The van der Waals surface area contributed by atoms with E-state index in [-0.39, 0.29) is 24.2 Å². The number of halogens is 1. The molecule has 146 valence electrons. The molecule has 1 aromatic rings. The van der Waals surface area contributed by atoms with Crippen LogP contribution in [0.3, 0.4) is 0 Å². The van der Waals surface area contributed by atoms with Crippen molar-refractivity contribution < 1.29 is 23.5 Å². The van der Waals surface area contributed by atoms with Gasteiger partial charge in [-0.05, 0) is 42.5 Å². The summed E-state index contributed by atoms with van der Waals surface area (Å²) < 4.78 is 18.1. The van der Waals surface area contributed by atoms with E-state index in [9.17, 15) is 18.8 Å². The van der Waals surface area contributed by atoms with E-state index in [0.717, 1.165) is 12.8 Å². The summed E-state index contributed by atoms with van der Waals surface area (Å²) in [4.78, 5) is 38.7. The zero-order chi connectivity index (χ0) is 19.6. The molecule has 1 saturated carbocycles. The number of carbonyl (C=O) groups excluding carboxylic acids is 3. The van der Waals surface area contributed by atoms with E-state index in [0.29, 0.717) is 23.9 Å². The van der Waals surface area contributed by atoms with Crippen LogP contribution in [0.15, 0.2) is 24.3 Å². The van der Waals surface area contributed by atoms with Crippen LogP contribution in [0, 0.1) is 23.6 Å². The second-order valence-electron chi connectivity index (χ2n) is 7.82. The quantitative estimate of drug-likeness (QED) is 0.586. The molecule has 0 bridgehead atoms. The summed E-state index contributed by atoms with van der Waals surface area (Å²) in [5.74, 6) is -0.888. The first-order valence-electron chi connectivity index (χ1n) is 9.61. The Labute approximate surface area is 158 Å². The molecule has 6 heteroatoms. The lowest BCUT2D eigenvalue weighted by Gasteiger charge is -2.39. The molecule has 0 radical (unpaired) electrons. The number of ether oxygens (including phenoxy) is 1. The molecule has 0 unspecified atom stereocenters. The molecule has 1 aliphatic heterocycles. The average molecular weight is 375 g/mol. The van der Waals surface area contributed by atoms with Crippen LogP contribution >= 0.6 is 0 Å². The van der Waals surface area contributed by atoms with Gasteiger partial charge in [-0.25, -0.2) is 4.39 Å². The molecule has 1 aliphatic carbocycles. The number of rotatable bonds is 5. The molecular formula is C21H26FNO4. The fraction of sp³-hybridized carbons (Fsp3) is 0.571. The molecule has 2 fully saturated rings. The maximum Gasteiger partial charge on any atom is 0.311 e. The van der Waals surface area contributed by atoms with Gasteiger partial charge in [0, 0.05) is 24.6 Å². The Morgan fingerprint density at radius 2 is 1.89 bits per heavy atom. The van der Waals surface area contributed by atoms with E-state index in [1.54, 1.807) is 0 Å². The van der Waals surface area contributed by atoms with Crippen LogP contribution in [0.2, 0.25) is 0 Å². The SMILES string of the molecule is C[C@@H]1[C@H](C)CCC[C@H]1N1C[C@H](C(=O)OCC(=O)c2ccc(F)cc2)CC1=O. The molecule has 1 aromatic carbocycles. The van der Waals surface area contributed by atoms with Gasteiger partial charge in [0.2, 0.25) is 5.91 Å². The Balaban J connectivity index is 1.54. The summed E-state index contributed by atoms with van der Waals surface area (Å²) >= 11 is 0. The van der Waals surface area contributed by atoms with Gasteiger partial charge in [-0.15, -0.1) is 0 Å². The van der Waals surface area contributed by atoms with Crippen molar-refractivity contribution >= 4 is 17.7 Å². The van der Waals surface area contributed by atoms with Crippen LogP contribution in [-0.4, -0.2) is 41.8 Å². The highest BCUT2D eigenvalue weighted by atomic mass is 19.1. The smallest absolute Gasteiger partial charge is 0.311 e. The summed E-state index contributed by atoms with van der Waals surface area (Å²) in [6, 6.07) is 5.28. The summed E-state index contributed by atoms with van der Waals surface area (Å²) in [7, 11) is 0. The average Bonchev–Trinajstić information content (AvgIpc) is 3.04. The van der Waals surface area contributed by atoms with Crippen LogP contribution in [0.5, 0.6) is 0 Å². The van der Waals surface area contributed by atoms with Gasteiger partial charge in [0.25, 0.3) is 0 Å². The number of hydrogen-bond donors (Lipinski definition) is 0. The highest BCUT2D eigenvalue weighted by Crippen LogP contribution is 2.35. The number of hydrogen-bond acceptors (Lipinski definition) is 4. The van der Waals surface area contributed by atoms with E-state index >= 15 is 0 Å². The lowest BCUT2D eigenvalue weighted by Crippen LogP contribution is -2.45. The standard InChI is InChI=1S/C21H26FNO4/c1-13-4-3-5-18(14(13)2)23-11-16(10-20(23)25)21(26)27-12-19(24)15-6-8-17(22)9-7-15/h6-9,13-14,16,18H,3-5,10-12H2,1-2H3/t13-,14-,16-,18-/m1/s1. The molecular weight excluding hydrogens is 349 g/mol. The van der Waals surface area contributed by atoms with E-state index < -0.39 is 24.3 Å². The maximum absolute atomic E-state index is 12.9. The van der Waals surface area contributed by atoms with Crippen LogP contribution in [-0.2, 0) is 14.3 Å². The lowest BCUT2D eigenvalue weighted by atomic mass is 9.77. The molecule has 1 heterocycles. The number of likely N-dealkylation sites (tertiary alicyclic amines) is 1. The Morgan fingerprint density at radius 1 is 1.19 bits per heavy atom. The number of benzene rings is 1. The zero-order valence-electron chi connectivity index (χ0n) is 15.8. The van der Waals surface area contributed by atoms with Gasteiger partial charge < -0.3 is 9.64 Å². The number of ketones is 1. The predicted molar refractivity (Wildman–Crippen MR) is 97.5 cm³/mol. The van der Waals surface area contributed by atoms with Gasteiger partial charge in [-0.2, -0.15) is 0 Å². The van der Waals surface area contributed by atoms with E-state index in [2.05, 4.69) is 13.8 Å². The third-order valence-corrected chi connectivity index (χ3v) is 6.07. The fourth-order valence-electron chi connectivity index (χ4n) is 4.18. The van der Waals surface area contributed by atoms with E-state index in [1.165, 1.54) is 30.7 Å². The number of Topliss-reactive ketones (excluding diaryl/α,β-unsaturated/α-hetero) is 1. The van der Waals surface area contributed by atoms with Crippen LogP contribution in [0.1, 0.15) is 49.9 Å².